The van der Waals surface area contributed by atoms with Crippen LogP contribution in [0, 0.1) is 0 Å². The molecule has 1 atom stereocenters. The molecule has 0 spiro atoms. The van der Waals surface area contributed by atoms with Crippen LogP contribution in [0.4, 0.5) is 5.69 Å². The molecule has 0 aromatic heterocycles. The maximum absolute atomic E-state index is 11.8. The van der Waals surface area contributed by atoms with Gasteiger partial charge in [0.05, 0.1) is 6.10 Å². The first-order valence-corrected chi connectivity index (χ1v) is 7.33. The molecule has 7 heteroatoms. The van der Waals surface area contributed by atoms with E-state index in [4.69, 9.17) is 14.2 Å². The molecule has 0 bridgehead atoms. The second kappa shape index (κ2) is 6.65. The van der Waals surface area contributed by atoms with E-state index in [0.717, 1.165) is 12.8 Å². The molecule has 1 aromatic carbocycles. The van der Waals surface area contributed by atoms with Crippen molar-refractivity contribution in [2.24, 2.45) is 0 Å². The molecule has 2 heterocycles. The molecule has 3 rings (SSSR count). The van der Waals surface area contributed by atoms with Crippen LogP contribution in [0.15, 0.2) is 18.2 Å². The Bertz CT molecular complexity index is 569. The highest BCUT2D eigenvalue weighted by atomic mass is 16.6. The number of carbonyl (C=O) groups is 2. The lowest BCUT2D eigenvalue weighted by molar-refractivity contribution is -0.136. The Hall–Kier alpha value is -2.28. The minimum atomic E-state index is -0.713. The first kappa shape index (κ1) is 14.6. The van der Waals surface area contributed by atoms with E-state index in [1.165, 1.54) is 0 Å². The third-order valence-electron chi connectivity index (χ3n) is 3.52. The lowest BCUT2D eigenvalue weighted by Crippen LogP contribution is -2.39. The third kappa shape index (κ3) is 3.48. The summed E-state index contributed by atoms with van der Waals surface area (Å²) in [6.07, 6.45) is 1.90. The van der Waals surface area contributed by atoms with Crippen molar-refractivity contribution >= 4 is 17.5 Å². The maximum atomic E-state index is 11.8. The average molecular weight is 306 g/mol. The number of nitrogens with one attached hydrogen (secondary N) is 2. The van der Waals surface area contributed by atoms with Gasteiger partial charge in [-0.05, 0) is 25.0 Å². The van der Waals surface area contributed by atoms with E-state index in [9.17, 15) is 9.59 Å². The lowest BCUT2D eigenvalue weighted by atomic mass is 10.2. The van der Waals surface area contributed by atoms with Crippen LogP contribution in [-0.4, -0.2) is 44.3 Å². The van der Waals surface area contributed by atoms with Gasteiger partial charge in [0.15, 0.2) is 11.5 Å². The van der Waals surface area contributed by atoms with Crippen molar-refractivity contribution in [1.29, 1.82) is 0 Å². The van der Waals surface area contributed by atoms with Gasteiger partial charge in [-0.2, -0.15) is 0 Å². The quantitative estimate of drug-likeness (QED) is 0.803. The Kier molecular flexibility index (Phi) is 4.43. The Balaban J connectivity index is 1.53. The fourth-order valence-corrected chi connectivity index (χ4v) is 2.40. The highest BCUT2D eigenvalue weighted by molar-refractivity contribution is 6.39. The van der Waals surface area contributed by atoms with Crippen molar-refractivity contribution < 1.29 is 23.8 Å². The topological polar surface area (TPSA) is 85.9 Å². The fourth-order valence-electron chi connectivity index (χ4n) is 2.40. The molecule has 22 heavy (non-hydrogen) atoms. The van der Waals surface area contributed by atoms with Crippen molar-refractivity contribution in [3.8, 4) is 11.5 Å². The molecule has 2 amide bonds. The lowest BCUT2D eigenvalue weighted by Gasteiger charge is -2.19. The summed E-state index contributed by atoms with van der Waals surface area (Å²) in [5, 5.41) is 5.11. The molecule has 7 nitrogen and oxygen atoms in total. The monoisotopic (exact) mass is 306 g/mol. The molecular weight excluding hydrogens is 288 g/mol. The van der Waals surface area contributed by atoms with E-state index in [1.54, 1.807) is 18.2 Å². The number of fused-ring (bicyclic) bond motifs is 1. The Morgan fingerprint density at radius 3 is 2.68 bits per heavy atom. The van der Waals surface area contributed by atoms with Crippen LogP contribution in [0.3, 0.4) is 0 Å². The summed E-state index contributed by atoms with van der Waals surface area (Å²) in [4.78, 5) is 23.6. The van der Waals surface area contributed by atoms with Gasteiger partial charge in [-0.1, -0.05) is 0 Å². The van der Waals surface area contributed by atoms with Crippen molar-refractivity contribution in [2.75, 3.05) is 31.7 Å². The van der Waals surface area contributed by atoms with Gasteiger partial charge in [-0.25, -0.2) is 0 Å². The molecule has 0 saturated carbocycles. The summed E-state index contributed by atoms with van der Waals surface area (Å²) in [5.74, 6) is -0.198. The number of rotatable bonds is 3. The number of hydrogen-bond donors (Lipinski definition) is 2. The first-order valence-electron chi connectivity index (χ1n) is 7.33. The number of hydrogen-bond acceptors (Lipinski definition) is 5. The molecule has 1 fully saturated rings. The fraction of sp³-hybridized carbons (Fsp3) is 0.467. The van der Waals surface area contributed by atoms with Crippen LogP contribution in [0.2, 0.25) is 0 Å². The summed E-state index contributed by atoms with van der Waals surface area (Å²) in [5.41, 5.74) is 0.488. The SMILES string of the molecule is O=C(NCC1CCCO1)C(=O)Nc1ccc2c(c1)OCCO2. The number of anilines is 1. The van der Waals surface area contributed by atoms with Crippen LogP contribution >= 0.6 is 0 Å². The molecule has 0 aliphatic carbocycles. The number of amides is 2. The Labute approximate surface area is 127 Å². The molecule has 2 aliphatic heterocycles. The maximum Gasteiger partial charge on any atom is 0.313 e. The summed E-state index contributed by atoms with van der Waals surface area (Å²) in [7, 11) is 0. The van der Waals surface area contributed by atoms with Crippen molar-refractivity contribution in [3.63, 3.8) is 0 Å². The zero-order valence-electron chi connectivity index (χ0n) is 12.1. The number of ether oxygens (including phenoxy) is 3. The minimum absolute atomic E-state index is 0.00560. The molecule has 0 radical (unpaired) electrons. The second-order valence-corrected chi connectivity index (χ2v) is 5.16. The third-order valence-corrected chi connectivity index (χ3v) is 3.52. The molecule has 2 N–H and O–H groups in total. The van der Waals surface area contributed by atoms with Crippen LogP contribution in [0.25, 0.3) is 0 Å². The van der Waals surface area contributed by atoms with Crippen molar-refractivity contribution in [1.82, 2.24) is 5.32 Å². The standard InChI is InChI=1S/C15H18N2O5/c18-14(16-9-11-2-1-5-20-11)15(19)17-10-3-4-12-13(8-10)22-7-6-21-12/h3-4,8,11H,1-2,5-7,9H2,(H,16,18)(H,17,19). The first-order chi connectivity index (χ1) is 10.7. The van der Waals surface area contributed by atoms with Gasteiger partial charge in [0.1, 0.15) is 13.2 Å². The van der Waals surface area contributed by atoms with E-state index < -0.39 is 11.8 Å². The predicted octanol–water partition coefficient (Wildman–Crippen LogP) is 0.691. The van der Waals surface area contributed by atoms with Gasteiger partial charge < -0.3 is 24.8 Å². The molecule has 2 aliphatic rings. The van der Waals surface area contributed by atoms with Crippen LogP contribution in [0.1, 0.15) is 12.8 Å². The van der Waals surface area contributed by atoms with Gasteiger partial charge in [0, 0.05) is 24.9 Å². The summed E-state index contributed by atoms with van der Waals surface area (Å²) in [6.45, 7) is 2.04. The summed E-state index contributed by atoms with van der Waals surface area (Å²) < 4.78 is 16.2. The van der Waals surface area contributed by atoms with E-state index in [-0.39, 0.29) is 6.10 Å². The van der Waals surface area contributed by atoms with E-state index in [0.29, 0.717) is 43.6 Å². The Morgan fingerprint density at radius 1 is 1.09 bits per heavy atom. The zero-order valence-corrected chi connectivity index (χ0v) is 12.1. The number of benzene rings is 1. The zero-order chi connectivity index (χ0) is 15.4. The van der Waals surface area contributed by atoms with Crippen LogP contribution < -0.4 is 20.1 Å². The minimum Gasteiger partial charge on any atom is -0.486 e. The van der Waals surface area contributed by atoms with Crippen molar-refractivity contribution in [3.05, 3.63) is 18.2 Å². The summed E-state index contributed by atoms with van der Waals surface area (Å²) in [6, 6.07) is 5.01. The smallest absolute Gasteiger partial charge is 0.313 e. The summed E-state index contributed by atoms with van der Waals surface area (Å²) >= 11 is 0. The normalized spacial score (nSPS) is 19.5. The predicted molar refractivity (Wildman–Crippen MR) is 78.0 cm³/mol. The molecule has 1 unspecified atom stereocenters. The van der Waals surface area contributed by atoms with Crippen LogP contribution in [-0.2, 0) is 14.3 Å². The van der Waals surface area contributed by atoms with Gasteiger partial charge in [0.25, 0.3) is 0 Å². The van der Waals surface area contributed by atoms with Gasteiger partial charge in [-0.3, -0.25) is 9.59 Å². The largest absolute Gasteiger partial charge is 0.486 e. The second-order valence-electron chi connectivity index (χ2n) is 5.16. The van der Waals surface area contributed by atoms with Gasteiger partial charge in [-0.15, -0.1) is 0 Å². The van der Waals surface area contributed by atoms with E-state index in [2.05, 4.69) is 10.6 Å². The molecule has 1 aromatic rings. The highest BCUT2D eigenvalue weighted by Crippen LogP contribution is 2.32. The van der Waals surface area contributed by atoms with E-state index in [1.807, 2.05) is 0 Å². The number of carbonyl (C=O) groups excluding carboxylic acids is 2. The highest BCUT2D eigenvalue weighted by Gasteiger charge is 2.20. The molecular formula is C15H18N2O5. The van der Waals surface area contributed by atoms with Gasteiger partial charge >= 0.3 is 11.8 Å². The average Bonchev–Trinajstić information content (AvgIpc) is 3.06. The molecule has 118 valence electrons. The Morgan fingerprint density at radius 2 is 1.91 bits per heavy atom. The van der Waals surface area contributed by atoms with Crippen LogP contribution in [0.5, 0.6) is 11.5 Å². The van der Waals surface area contributed by atoms with Crippen molar-refractivity contribution in [2.45, 2.75) is 18.9 Å². The molecule has 1 saturated heterocycles. The van der Waals surface area contributed by atoms with E-state index >= 15 is 0 Å². The van der Waals surface area contributed by atoms with Gasteiger partial charge in [0.2, 0.25) is 0 Å².